The second-order valence-corrected chi connectivity index (χ2v) is 10.5. The number of fused-ring (bicyclic) bond motifs is 1. The first kappa shape index (κ1) is 28.6. The number of piperazine rings is 1. The minimum atomic E-state index is -0.459. The molecule has 1 aromatic heterocycles. The number of aryl methyl sites for hydroxylation is 2. The van der Waals surface area contributed by atoms with Crippen LogP contribution in [0.1, 0.15) is 45.2 Å². The highest BCUT2D eigenvalue weighted by atomic mass is 35.5. The average Bonchev–Trinajstić information content (AvgIpc) is 2.91. The lowest BCUT2D eigenvalue weighted by Crippen LogP contribution is -2.49. The highest BCUT2D eigenvalue weighted by Crippen LogP contribution is 2.37. The molecule has 4 rings (SSSR count). The number of hydrogen-bond donors (Lipinski definition) is 0. The fourth-order valence-electron chi connectivity index (χ4n) is 4.75. The Morgan fingerprint density at radius 3 is 2.46 bits per heavy atom. The van der Waals surface area contributed by atoms with E-state index in [0.717, 1.165) is 40.7 Å². The van der Waals surface area contributed by atoms with E-state index in [4.69, 9.17) is 26.1 Å². The van der Waals surface area contributed by atoms with Gasteiger partial charge in [0.25, 0.3) is 5.91 Å². The first-order valence-corrected chi connectivity index (χ1v) is 13.8. The van der Waals surface area contributed by atoms with Crippen LogP contribution in [0.4, 0.5) is 5.69 Å². The van der Waals surface area contributed by atoms with E-state index < -0.39 is 5.97 Å². The number of amides is 1. The van der Waals surface area contributed by atoms with Crippen molar-refractivity contribution in [2.24, 2.45) is 0 Å². The van der Waals surface area contributed by atoms with Crippen molar-refractivity contribution in [2.45, 2.75) is 27.2 Å². The maximum absolute atomic E-state index is 13.4. The molecule has 1 aliphatic heterocycles. The zero-order valence-electron chi connectivity index (χ0n) is 23.4. The topological polar surface area (TPSA) is 75.2 Å². The first-order chi connectivity index (χ1) is 18.7. The van der Waals surface area contributed by atoms with Gasteiger partial charge in [0.15, 0.2) is 0 Å². The SMILES string of the molecule is CCOC(=O)c1c(OCCCN(C)C)nc2ccc(C)cc2c1N1CCN(C(=O)c2ccc(C)c(Cl)c2)CC1. The van der Waals surface area contributed by atoms with Crippen molar-refractivity contribution in [3.63, 3.8) is 0 Å². The van der Waals surface area contributed by atoms with Gasteiger partial charge in [-0.05, 0) is 71.1 Å². The molecule has 1 aliphatic rings. The first-order valence-electron chi connectivity index (χ1n) is 13.4. The molecule has 1 amide bonds. The Hall–Kier alpha value is -3.36. The van der Waals surface area contributed by atoms with E-state index in [2.05, 4.69) is 9.80 Å². The Morgan fingerprint density at radius 2 is 1.79 bits per heavy atom. The Balaban J connectivity index is 1.67. The molecule has 2 heterocycles. The molecule has 0 N–H and O–H groups in total. The van der Waals surface area contributed by atoms with Crippen LogP contribution in [0.2, 0.25) is 5.02 Å². The van der Waals surface area contributed by atoms with Gasteiger partial charge in [-0.1, -0.05) is 29.3 Å². The molecule has 0 spiro atoms. The smallest absolute Gasteiger partial charge is 0.345 e. The molecule has 0 saturated carbocycles. The number of carbonyl (C=O) groups excluding carboxylic acids is 2. The number of nitrogens with zero attached hydrogens (tertiary/aromatic N) is 4. The molecule has 208 valence electrons. The molecule has 0 atom stereocenters. The molecule has 0 unspecified atom stereocenters. The second kappa shape index (κ2) is 12.7. The standard InChI is InChI=1S/C30H37ClN4O4/c1-6-38-30(37)26-27(23-18-20(2)8-11-25(23)32-28(26)39-17-7-12-33(4)5)34-13-15-35(16-14-34)29(36)22-10-9-21(3)24(31)19-22/h8-11,18-19H,6-7,12-17H2,1-5H3. The lowest BCUT2D eigenvalue weighted by atomic mass is 10.0. The van der Waals surface area contributed by atoms with Gasteiger partial charge in [0, 0.05) is 48.7 Å². The number of pyridine rings is 1. The Labute approximate surface area is 235 Å². The van der Waals surface area contributed by atoms with Crippen molar-refractivity contribution in [1.82, 2.24) is 14.8 Å². The van der Waals surface area contributed by atoms with E-state index in [1.54, 1.807) is 13.0 Å². The van der Waals surface area contributed by atoms with Gasteiger partial charge < -0.3 is 24.2 Å². The Morgan fingerprint density at radius 1 is 1.05 bits per heavy atom. The van der Waals surface area contributed by atoms with Crippen molar-refractivity contribution in [1.29, 1.82) is 0 Å². The molecule has 8 nitrogen and oxygen atoms in total. The highest BCUT2D eigenvalue weighted by molar-refractivity contribution is 6.31. The third-order valence-electron chi connectivity index (χ3n) is 6.85. The van der Waals surface area contributed by atoms with Crippen LogP contribution >= 0.6 is 11.6 Å². The molecular formula is C30H37ClN4O4. The lowest BCUT2D eigenvalue weighted by Gasteiger charge is -2.37. The number of ether oxygens (including phenoxy) is 2. The van der Waals surface area contributed by atoms with E-state index in [0.29, 0.717) is 48.9 Å². The summed E-state index contributed by atoms with van der Waals surface area (Å²) in [6, 6.07) is 11.4. The van der Waals surface area contributed by atoms with Crippen molar-refractivity contribution in [2.75, 3.05) is 64.9 Å². The molecule has 0 aliphatic carbocycles. The molecule has 39 heavy (non-hydrogen) atoms. The maximum Gasteiger partial charge on any atom is 0.345 e. The summed E-state index contributed by atoms with van der Waals surface area (Å²) in [5.74, 6) is -0.229. The summed E-state index contributed by atoms with van der Waals surface area (Å²) < 4.78 is 11.6. The summed E-state index contributed by atoms with van der Waals surface area (Å²) in [5, 5.41) is 1.44. The summed E-state index contributed by atoms with van der Waals surface area (Å²) in [5.41, 5.74) is 4.40. The zero-order valence-corrected chi connectivity index (χ0v) is 24.2. The predicted molar refractivity (Wildman–Crippen MR) is 155 cm³/mol. The van der Waals surface area contributed by atoms with Crippen LogP contribution in [-0.2, 0) is 4.74 Å². The van der Waals surface area contributed by atoms with Crippen molar-refractivity contribution < 1.29 is 19.1 Å². The molecule has 9 heteroatoms. The van der Waals surface area contributed by atoms with Gasteiger partial charge in [0.2, 0.25) is 5.88 Å². The van der Waals surface area contributed by atoms with Gasteiger partial charge in [-0.3, -0.25) is 4.79 Å². The third kappa shape index (κ3) is 6.62. The van der Waals surface area contributed by atoms with Crippen molar-refractivity contribution >= 4 is 40.1 Å². The molecule has 0 bridgehead atoms. The van der Waals surface area contributed by atoms with Gasteiger partial charge in [-0.15, -0.1) is 0 Å². The van der Waals surface area contributed by atoms with E-state index in [9.17, 15) is 9.59 Å². The Kier molecular flexibility index (Phi) is 9.30. The van der Waals surface area contributed by atoms with Crippen LogP contribution in [0.5, 0.6) is 5.88 Å². The van der Waals surface area contributed by atoms with E-state index in [-0.39, 0.29) is 18.4 Å². The summed E-state index contributed by atoms with van der Waals surface area (Å²) in [6.07, 6.45) is 0.794. The van der Waals surface area contributed by atoms with Gasteiger partial charge in [-0.25, -0.2) is 9.78 Å². The summed E-state index contributed by atoms with van der Waals surface area (Å²) >= 11 is 6.27. The van der Waals surface area contributed by atoms with Crippen LogP contribution in [-0.4, -0.2) is 86.7 Å². The molecule has 0 radical (unpaired) electrons. The fourth-order valence-corrected chi connectivity index (χ4v) is 4.93. The van der Waals surface area contributed by atoms with Gasteiger partial charge in [0.1, 0.15) is 5.56 Å². The zero-order chi connectivity index (χ0) is 28.1. The number of carbonyl (C=O) groups is 2. The lowest BCUT2D eigenvalue weighted by molar-refractivity contribution is 0.0520. The normalized spacial score (nSPS) is 13.7. The quantitative estimate of drug-likeness (QED) is 0.274. The molecule has 1 saturated heterocycles. The van der Waals surface area contributed by atoms with Gasteiger partial charge >= 0.3 is 5.97 Å². The number of anilines is 1. The maximum atomic E-state index is 13.4. The van der Waals surface area contributed by atoms with Crippen molar-refractivity contribution in [3.8, 4) is 5.88 Å². The minimum Gasteiger partial charge on any atom is -0.477 e. The summed E-state index contributed by atoms with van der Waals surface area (Å²) in [4.78, 5) is 37.4. The van der Waals surface area contributed by atoms with Gasteiger partial charge in [0.05, 0.1) is 24.4 Å². The number of rotatable bonds is 9. The van der Waals surface area contributed by atoms with E-state index >= 15 is 0 Å². The van der Waals surface area contributed by atoms with Crippen LogP contribution in [0.15, 0.2) is 36.4 Å². The fraction of sp³-hybridized carbons (Fsp3) is 0.433. The van der Waals surface area contributed by atoms with Crippen LogP contribution < -0.4 is 9.64 Å². The van der Waals surface area contributed by atoms with Gasteiger partial charge in [-0.2, -0.15) is 0 Å². The van der Waals surface area contributed by atoms with Crippen molar-refractivity contribution in [3.05, 3.63) is 63.7 Å². The van der Waals surface area contributed by atoms with Crippen LogP contribution in [0.25, 0.3) is 10.9 Å². The van der Waals surface area contributed by atoms with Crippen LogP contribution in [0, 0.1) is 13.8 Å². The third-order valence-corrected chi connectivity index (χ3v) is 7.26. The molecule has 2 aromatic carbocycles. The molecule has 1 fully saturated rings. The number of halogens is 1. The molecule has 3 aromatic rings. The largest absolute Gasteiger partial charge is 0.477 e. The summed E-state index contributed by atoms with van der Waals surface area (Å²) in [7, 11) is 4.02. The van der Waals surface area contributed by atoms with Crippen LogP contribution in [0.3, 0.4) is 0 Å². The van der Waals surface area contributed by atoms with E-state index in [1.165, 1.54) is 0 Å². The average molecular weight is 553 g/mol. The molecular weight excluding hydrogens is 516 g/mol. The van der Waals surface area contributed by atoms with E-state index in [1.807, 2.05) is 63.2 Å². The number of hydrogen-bond acceptors (Lipinski definition) is 7. The number of benzene rings is 2. The Bertz CT molecular complexity index is 1350. The highest BCUT2D eigenvalue weighted by Gasteiger charge is 2.30. The minimum absolute atomic E-state index is 0.0532. The predicted octanol–water partition coefficient (Wildman–Crippen LogP) is 4.97. The number of esters is 1. The second-order valence-electron chi connectivity index (χ2n) is 10.1. The monoisotopic (exact) mass is 552 g/mol. The number of aromatic nitrogens is 1. The summed E-state index contributed by atoms with van der Waals surface area (Å²) in [6.45, 7) is 9.34.